The van der Waals surface area contributed by atoms with Gasteiger partial charge in [0.05, 0.1) is 23.1 Å². The van der Waals surface area contributed by atoms with E-state index in [4.69, 9.17) is 10.5 Å². The molecule has 0 aliphatic carbocycles. The number of rotatable bonds is 5. The van der Waals surface area contributed by atoms with Crippen LogP contribution in [0.25, 0.3) is 5.65 Å². The van der Waals surface area contributed by atoms with Crippen LogP contribution in [0.2, 0.25) is 0 Å². The summed E-state index contributed by atoms with van der Waals surface area (Å²) in [6.07, 6.45) is 0.890. The largest absolute Gasteiger partial charge is 0.457 e. The van der Waals surface area contributed by atoms with Crippen molar-refractivity contribution < 1.29 is 23.2 Å². The molecule has 5 rings (SSSR count). The van der Waals surface area contributed by atoms with E-state index in [-0.39, 0.29) is 46.8 Å². The summed E-state index contributed by atoms with van der Waals surface area (Å²) in [4.78, 5) is 29.1. The Kier molecular flexibility index (Phi) is 5.84. The smallest absolute Gasteiger partial charge is 0.338 e. The Hall–Kier alpha value is -5.12. The number of benzene rings is 2. The number of ether oxygens (including phenoxy) is 1. The standard InChI is InChI=1S/C24H17F2N7O4/c25-14-3-6-19(26)17(9-14)20-10-16(37-24(34)13-1-4-15(5-2-13)33(35)36)12-31(20)21-7-8-32-23(29-21)18(11-27)22(28)30-32/h1-9,16,20H,10,12H2,(H2,28,30)/t16-,20-/m0/s1. The quantitative estimate of drug-likeness (QED) is 0.244. The highest BCUT2D eigenvalue weighted by atomic mass is 19.1. The Morgan fingerprint density at radius 3 is 2.68 bits per heavy atom. The van der Waals surface area contributed by atoms with E-state index < -0.39 is 34.7 Å². The molecule has 4 aromatic rings. The molecule has 0 spiro atoms. The SMILES string of the molecule is N#Cc1c(N)nn2ccc(N3C[C@@H](OC(=O)c4ccc([N+](=O)[O-])cc4)C[C@H]3c3cc(F)ccc3F)nc12. The van der Waals surface area contributed by atoms with Gasteiger partial charge in [-0.15, -0.1) is 5.10 Å². The molecule has 3 heterocycles. The average Bonchev–Trinajstić information content (AvgIpc) is 3.44. The van der Waals surface area contributed by atoms with Gasteiger partial charge in [-0.3, -0.25) is 10.1 Å². The van der Waals surface area contributed by atoms with Gasteiger partial charge >= 0.3 is 5.97 Å². The fraction of sp³-hybridized carbons (Fsp3) is 0.167. The van der Waals surface area contributed by atoms with Gasteiger partial charge in [-0.05, 0) is 36.4 Å². The maximum absolute atomic E-state index is 14.8. The van der Waals surface area contributed by atoms with Crippen LogP contribution in [-0.2, 0) is 4.74 Å². The van der Waals surface area contributed by atoms with E-state index in [0.717, 1.165) is 18.2 Å². The average molecular weight is 505 g/mol. The van der Waals surface area contributed by atoms with Gasteiger partial charge in [0.2, 0.25) is 0 Å². The summed E-state index contributed by atoms with van der Waals surface area (Å²) in [5.74, 6) is -1.70. The second-order valence-corrected chi connectivity index (χ2v) is 8.33. The van der Waals surface area contributed by atoms with Gasteiger partial charge in [0.25, 0.3) is 5.69 Å². The molecule has 1 saturated heterocycles. The summed E-state index contributed by atoms with van der Waals surface area (Å²) in [5.41, 5.74) is 6.01. The Morgan fingerprint density at radius 2 is 1.97 bits per heavy atom. The topological polar surface area (TPSA) is 153 Å². The van der Waals surface area contributed by atoms with Crippen LogP contribution < -0.4 is 10.6 Å². The van der Waals surface area contributed by atoms with Crippen molar-refractivity contribution in [2.45, 2.75) is 18.6 Å². The first-order valence-corrected chi connectivity index (χ1v) is 11.0. The van der Waals surface area contributed by atoms with Gasteiger partial charge in [-0.25, -0.2) is 23.1 Å². The maximum atomic E-state index is 14.8. The van der Waals surface area contributed by atoms with Gasteiger partial charge < -0.3 is 15.4 Å². The van der Waals surface area contributed by atoms with Crippen molar-refractivity contribution in [1.29, 1.82) is 5.26 Å². The number of nitriles is 1. The van der Waals surface area contributed by atoms with Gasteiger partial charge in [0.15, 0.2) is 11.5 Å². The molecule has 13 heteroatoms. The van der Waals surface area contributed by atoms with Crippen molar-refractivity contribution >= 4 is 28.9 Å². The first kappa shape index (κ1) is 23.6. The zero-order chi connectivity index (χ0) is 26.3. The molecule has 2 N–H and O–H groups in total. The third-order valence-electron chi connectivity index (χ3n) is 6.07. The molecule has 2 atom stereocenters. The molecule has 0 saturated carbocycles. The van der Waals surface area contributed by atoms with E-state index in [1.165, 1.54) is 35.0 Å². The second-order valence-electron chi connectivity index (χ2n) is 8.33. The fourth-order valence-corrected chi connectivity index (χ4v) is 4.34. The molecule has 2 aromatic heterocycles. The van der Waals surface area contributed by atoms with E-state index >= 15 is 0 Å². The summed E-state index contributed by atoms with van der Waals surface area (Å²) < 4.78 is 35.8. The van der Waals surface area contributed by atoms with Crippen LogP contribution in [0.15, 0.2) is 54.7 Å². The van der Waals surface area contributed by atoms with Crippen LogP contribution in [0.4, 0.5) is 26.1 Å². The normalized spacial score (nSPS) is 17.1. The zero-order valence-electron chi connectivity index (χ0n) is 18.9. The number of carbonyl (C=O) groups excluding carboxylic acids is 1. The fourth-order valence-electron chi connectivity index (χ4n) is 4.34. The number of anilines is 2. The molecule has 1 fully saturated rings. The lowest BCUT2D eigenvalue weighted by atomic mass is 10.0. The molecule has 2 aromatic carbocycles. The monoisotopic (exact) mass is 505 g/mol. The highest BCUT2D eigenvalue weighted by Crippen LogP contribution is 2.38. The van der Waals surface area contributed by atoms with Gasteiger partial charge in [-0.2, -0.15) is 5.26 Å². The Labute approximate surface area is 207 Å². The van der Waals surface area contributed by atoms with Crippen molar-refractivity contribution in [1.82, 2.24) is 14.6 Å². The van der Waals surface area contributed by atoms with Crippen LogP contribution in [0.5, 0.6) is 0 Å². The lowest BCUT2D eigenvalue weighted by Crippen LogP contribution is -2.27. The molecule has 37 heavy (non-hydrogen) atoms. The third kappa shape index (κ3) is 4.36. The van der Waals surface area contributed by atoms with E-state index in [1.54, 1.807) is 11.0 Å². The Morgan fingerprint density at radius 1 is 1.22 bits per heavy atom. The molecule has 1 aliphatic rings. The van der Waals surface area contributed by atoms with Crippen LogP contribution >= 0.6 is 0 Å². The molecule has 0 bridgehead atoms. The highest BCUT2D eigenvalue weighted by Gasteiger charge is 2.38. The molecule has 0 amide bonds. The molecule has 11 nitrogen and oxygen atoms in total. The number of hydrogen-bond acceptors (Lipinski definition) is 9. The summed E-state index contributed by atoms with van der Waals surface area (Å²) >= 11 is 0. The van der Waals surface area contributed by atoms with Crippen LogP contribution in [0.3, 0.4) is 0 Å². The number of aromatic nitrogens is 3. The van der Waals surface area contributed by atoms with E-state index in [0.29, 0.717) is 5.82 Å². The molecular formula is C24H17F2N7O4. The molecule has 0 unspecified atom stereocenters. The van der Waals surface area contributed by atoms with Gasteiger partial charge in [0, 0.05) is 30.3 Å². The first-order chi connectivity index (χ1) is 17.7. The second kappa shape index (κ2) is 9.15. The Bertz CT molecular complexity index is 1580. The molecule has 186 valence electrons. The number of halogens is 2. The van der Waals surface area contributed by atoms with Crippen LogP contribution in [0, 0.1) is 33.1 Å². The summed E-state index contributed by atoms with van der Waals surface area (Å²) in [7, 11) is 0. The van der Waals surface area contributed by atoms with E-state index in [1.807, 2.05) is 6.07 Å². The number of carbonyl (C=O) groups is 1. The van der Waals surface area contributed by atoms with Crippen molar-refractivity contribution in [3.63, 3.8) is 0 Å². The minimum Gasteiger partial charge on any atom is -0.457 e. The van der Waals surface area contributed by atoms with Crippen molar-refractivity contribution in [3.05, 3.63) is 93.2 Å². The van der Waals surface area contributed by atoms with Crippen molar-refractivity contribution in [2.75, 3.05) is 17.2 Å². The summed E-state index contributed by atoms with van der Waals surface area (Å²) in [6, 6.07) is 10.8. The number of nitro benzene ring substituents is 1. The lowest BCUT2D eigenvalue weighted by molar-refractivity contribution is -0.384. The van der Waals surface area contributed by atoms with Gasteiger partial charge in [-0.1, -0.05) is 0 Å². The molecule has 1 aliphatic heterocycles. The number of nitrogens with zero attached hydrogens (tertiary/aromatic N) is 6. The van der Waals surface area contributed by atoms with Crippen molar-refractivity contribution in [3.8, 4) is 6.07 Å². The molecular weight excluding hydrogens is 488 g/mol. The minimum absolute atomic E-state index is 0.00352. The number of non-ortho nitro benzene ring substituents is 1. The van der Waals surface area contributed by atoms with E-state index in [2.05, 4.69) is 10.1 Å². The Balaban J connectivity index is 1.48. The van der Waals surface area contributed by atoms with Crippen LogP contribution in [0.1, 0.15) is 33.9 Å². The third-order valence-corrected chi connectivity index (χ3v) is 6.07. The van der Waals surface area contributed by atoms with Gasteiger partial charge in [0.1, 0.15) is 35.2 Å². The predicted octanol–water partition coefficient (Wildman–Crippen LogP) is 3.55. The summed E-state index contributed by atoms with van der Waals surface area (Å²) in [5, 5.41) is 24.3. The maximum Gasteiger partial charge on any atom is 0.338 e. The number of esters is 1. The van der Waals surface area contributed by atoms with E-state index in [9.17, 15) is 29.0 Å². The zero-order valence-corrected chi connectivity index (χ0v) is 18.9. The molecule has 0 radical (unpaired) electrons. The number of nitrogens with two attached hydrogens (primary N) is 1. The minimum atomic E-state index is -0.758. The lowest BCUT2D eigenvalue weighted by Gasteiger charge is -2.26. The highest BCUT2D eigenvalue weighted by molar-refractivity contribution is 5.89. The van der Waals surface area contributed by atoms with Crippen molar-refractivity contribution in [2.24, 2.45) is 0 Å². The number of nitro groups is 1. The first-order valence-electron chi connectivity index (χ1n) is 11.0. The summed E-state index contributed by atoms with van der Waals surface area (Å²) in [6.45, 7) is 0.0774. The number of nitrogen functional groups attached to an aromatic ring is 1. The van der Waals surface area contributed by atoms with Crippen LogP contribution in [-0.4, -0.2) is 38.1 Å². The number of fused-ring (bicyclic) bond motifs is 1. The predicted molar refractivity (Wildman–Crippen MR) is 125 cm³/mol. The number of hydrogen-bond donors (Lipinski definition) is 1.